The zero-order valence-corrected chi connectivity index (χ0v) is 48.3. The fraction of sp³-hybridized carbons (Fsp3) is 0.444. The van der Waals surface area contributed by atoms with Crippen LogP contribution in [0, 0.1) is 35.2 Å². The summed E-state index contributed by atoms with van der Waals surface area (Å²) < 4.78 is 15.8. The van der Waals surface area contributed by atoms with Gasteiger partial charge in [0, 0.05) is 92.9 Å². The number of aliphatic hydroxyl groups excluding tert-OH is 2. The van der Waals surface area contributed by atoms with Gasteiger partial charge in [-0.25, -0.2) is 19.6 Å². The van der Waals surface area contributed by atoms with Crippen LogP contribution in [0.5, 0.6) is 0 Å². The Hall–Kier alpha value is -7.85. The first-order valence-electron chi connectivity index (χ1n) is 28.7. The molecule has 4 aliphatic carbocycles. The lowest BCUT2D eigenvalue weighted by Crippen LogP contribution is -2.64. The maximum atomic E-state index is 13.8. The molecule has 1 radical (unpaired) electrons. The van der Waals surface area contributed by atoms with Gasteiger partial charge in [0.1, 0.15) is 19.0 Å². The number of para-hydroxylation sites is 1. The van der Waals surface area contributed by atoms with E-state index in [1.807, 2.05) is 83.2 Å². The molecule has 0 saturated heterocycles. The summed E-state index contributed by atoms with van der Waals surface area (Å²) in [4.78, 5) is 90.2. The molecule has 21 heteroatoms. The second-order valence-corrected chi connectivity index (χ2v) is 25.5. The lowest BCUT2D eigenvalue weighted by Gasteiger charge is -2.69. The standard InChI is InChI=1S/C63H70N9O11S/c1-40-47(45-17-18-51(67-55(45)57(79)80)69-23-21-44-9-6-10-46(48(44)28-69)56(78)68-58-66-49-11-4-5-12-50(49)84-58)26-65-72(40)39-62-34-60(2)33-61(3,35-62)37-63(36-60,38-62)83-25-24-70(27-43(30-73)31-74)59(81)82-32-42-15-13-41(14-16-42)8-7-22-64-52(75)29-71-53(76)19-20-54(71)77/h4-6,9-15,17-20,26,43,73-74H,7-8,21-25,27-39H2,1-3H3,(H,64,75)(H,79,80)(H,66,68,78). The number of thiazole rings is 1. The number of hydrogen-bond acceptors (Lipinski definition) is 15. The van der Waals surface area contributed by atoms with Crippen molar-refractivity contribution in [2.24, 2.45) is 22.2 Å². The highest BCUT2D eigenvalue weighted by molar-refractivity contribution is 7.22. The number of carboxylic acid groups (broad SMARTS) is 1. The van der Waals surface area contributed by atoms with Crippen LogP contribution in [0.4, 0.5) is 15.7 Å². The Bertz CT molecular complexity index is 3490. The second-order valence-electron chi connectivity index (χ2n) is 24.4. The molecule has 4 bridgehead atoms. The zero-order valence-electron chi connectivity index (χ0n) is 47.5. The van der Waals surface area contributed by atoms with E-state index in [2.05, 4.69) is 35.5 Å². The topological polar surface area (TPSA) is 259 Å². The van der Waals surface area contributed by atoms with Crippen LogP contribution in [-0.2, 0) is 56.4 Å². The number of hydrogen-bond donors (Lipinski definition) is 5. The maximum Gasteiger partial charge on any atom is 0.410 e. The van der Waals surface area contributed by atoms with Gasteiger partial charge in [0.15, 0.2) is 10.8 Å². The van der Waals surface area contributed by atoms with Gasteiger partial charge in [0.05, 0.1) is 28.6 Å². The van der Waals surface area contributed by atoms with E-state index in [1.54, 1.807) is 12.3 Å². The number of aliphatic hydroxyl groups is 2. The summed E-state index contributed by atoms with van der Waals surface area (Å²) in [6, 6.07) is 25.8. The molecule has 12 rings (SSSR count). The number of imide groups is 1. The summed E-state index contributed by atoms with van der Waals surface area (Å²) in [5.41, 5.74) is 6.07. The van der Waals surface area contributed by atoms with Crippen LogP contribution in [0.25, 0.3) is 21.3 Å². The first-order valence-corrected chi connectivity index (χ1v) is 29.5. The quantitative estimate of drug-likeness (QED) is 0.0307. The monoisotopic (exact) mass is 1160 g/mol. The molecule has 439 valence electrons. The van der Waals surface area contributed by atoms with Crippen molar-refractivity contribution >= 4 is 68.2 Å². The molecule has 2 aliphatic heterocycles. The Morgan fingerprint density at radius 1 is 0.893 bits per heavy atom. The van der Waals surface area contributed by atoms with E-state index < -0.39 is 41.3 Å². The van der Waals surface area contributed by atoms with Gasteiger partial charge in [-0.2, -0.15) is 5.10 Å². The number of rotatable bonds is 23. The predicted octanol–water partition coefficient (Wildman–Crippen LogP) is 7.53. The van der Waals surface area contributed by atoms with Crippen molar-refractivity contribution in [3.8, 4) is 11.1 Å². The van der Waals surface area contributed by atoms with Crippen molar-refractivity contribution in [3.63, 3.8) is 0 Å². The van der Waals surface area contributed by atoms with Gasteiger partial charge >= 0.3 is 12.1 Å². The molecule has 5 amide bonds. The largest absolute Gasteiger partial charge is 0.476 e. The number of aromatic carboxylic acids is 1. The molecular weight excluding hydrogens is 1090 g/mol. The van der Waals surface area contributed by atoms with Crippen molar-refractivity contribution in [2.45, 2.75) is 104 Å². The molecule has 20 nitrogen and oxygen atoms in total. The van der Waals surface area contributed by atoms with Crippen LogP contribution in [0.1, 0.15) is 108 Å². The second kappa shape index (κ2) is 23.7. The van der Waals surface area contributed by atoms with Crippen LogP contribution < -0.4 is 15.5 Å². The fourth-order valence-corrected chi connectivity index (χ4v) is 15.7. The number of amides is 5. The average molecular weight is 1160 g/mol. The number of aryl methyl sites for hydroxylation is 1. The van der Waals surface area contributed by atoms with Gasteiger partial charge < -0.3 is 39.9 Å². The van der Waals surface area contributed by atoms with E-state index in [9.17, 15) is 44.1 Å². The van der Waals surface area contributed by atoms with E-state index >= 15 is 0 Å². The van der Waals surface area contributed by atoms with E-state index in [0.717, 1.165) is 88.2 Å². The van der Waals surface area contributed by atoms with Crippen LogP contribution in [-0.4, -0.2) is 139 Å². The third kappa shape index (κ3) is 12.4. The third-order valence-electron chi connectivity index (χ3n) is 17.5. The van der Waals surface area contributed by atoms with Gasteiger partial charge in [-0.1, -0.05) is 67.6 Å². The van der Waals surface area contributed by atoms with Crippen molar-refractivity contribution in [1.29, 1.82) is 0 Å². The van der Waals surface area contributed by atoms with E-state index in [4.69, 9.17) is 19.6 Å². The number of nitrogens with one attached hydrogen (secondary N) is 2. The number of ether oxygens (including phenoxy) is 2. The van der Waals surface area contributed by atoms with Crippen molar-refractivity contribution in [3.05, 3.63) is 136 Å². The molecule has 84 heavy (non-hydrogen) atoms. The number of fused-ring (bicyclic) bond motifs is 2. The Balaban J connectivity index is 0.722. The lowest BCUT2D eigenvalue weighted by molar-refractivity contribution is -0.248. The molecule has 6 aromatic rings. The fourth-order valence-electron chi connectivity index (χ4n) is 14.8. The Labute approximate surface area is 490 Å². The van der Waals surface area contributed by atoms with Gasteiger partial charge in [-0.05, 0) is 140 Å². The van der Waals surface area contributed by atoms with E-state index in [0.29, 0.717) is 78.6 Å². The first kappa shape index (κ1) is 57.9. The van der Waals surface area contributed by atoms with Gasteiger partial charge in [-0.15, -0.1) is 0 Å². The third-order valence-corrected chi connectivity index (χ3v) is 18.4. The number of carboxylic acids is 1. The number of carbonyl (C=O) groups excluding carboxylic acids is 5. The van der Waals surface area contributed by atoms with Gasteiger partial charge in [-0.3, -0.25) is 34.1 Å². The number of pyridine rings is 1. The Kier molecular flexibility index (Phi) is 16.3. The minimum Gasteiger partial charge on any atom is -0.476 e. The van der Waals surface area contributed by atoms with Gasteiger partial charge in [0.2, 0.25) is 5.91 Å². The van der Waals surface area contributed by atoms with Crippen LogP contribution in [0.3, 0.4) is 0 Å². The number of aromatic nitrogens is 4. The minimum absolute atomic E-state index is 0.0183. The number of benzene rings is 3. The Morgan fingerprint density at radius 2 is 1.67 bits per heavy atom. The Morgan fingerprint density at radius 3 is 2.39 bits per heavy atom. The smallest absolute Gasteiger partial charge is 0.410 e. The molecule has 4 saturated carbocycles. The minimum atomic E-state index is -1.16. The average Bonchev–Trinajstić information content (AvgIpc) is 0.778. The van der Waals surface area contributed by atoms with Crippen LogP contribution in [0.2, 0.25) is 0 Å². The molecule has 4 fully saturated rings. The number of nitrogens with zero attached hydrogens (tertiary/aromatic N) is 7. The highest BCUT2D eigenvalue weighted by Crippen LogP contribution is 2.72. The van der Waals surface area contributed by atoms with Gasteiger partial charge in [0.25, 0.3) is 17.7 Å². The number of anilines is 2. The van der Waals surface area contributed by atoms with Crippen molar-refractivity contribution < 1.29 is 53.6 Å². The van der Waals surface area contributed by atoms with E-state index in [1.165, 1.54) is 16.2 Å². The highest BCUT2D eigenvalue weighted by atomic mass is 32.1. The summed E-state index contributed by atoms with van der Waals surface area (Å²) in [7, 11) is 0. The molecule has 6 aliphatic rings. The predicted molar refractivity (Wildman–Crippen MR) is 313 cm³/mol. The maximum absolute atomic E-state index is 13.8. The molecule has 0 spiro atoms. The lowest BCUT2D eigenvalue weighted by atomic mass is 9.39. The molecule has 3 aromatic carbocycles. The zero-order chi connectivity index (χ0) is 59.0. The molecule has 2 atom stereocenters. The van der Waals surface area contributed by atoms with Crippen LogP contribution >= 0.6 is 11.3 Å². The van der Waals surface area contributed by atoms with Crippen LogP contribution in [0.15, 0.2) is 91.1 Å². The van der Waals surface area contributed by atoms with Crippen molar-refractivity contribution in [1.82, 2.24) is 34.9 Å². The summed E-state index contributed by atoms with van der Waals surface area (Å²) >= 11 is 1.42. The van der Waals surface area contributed by atoms with Crippen molar-refractivity contribution in [2.75, 3.05) is 62.8 Å². The first-order chi connectivity index (χ1) is 40.3. The molecule has 5 heterocycles. The molecule has 5 N–H and O–H groups in total. The molecular formula is C63H70N9O11S. The highest BCUT2D eigenvalue weighted by Gasteiger charge is 2.66. The molecule has 3 aromatic heterocycles. The normalized spacial score (nSPS) is 22.3. The summed E-state index contributed by atoms with van der Waals surface area (Å²) in [6.07, 6.45) is 10.8. The van der Waals surface area contributed by atoms with E-state index in [-0.39, 0.29) is 73.9 Å². The summed E-state index contributed by atoms with van der Waals surface area (Å²) in [5, 5.41) is 42.0. The summed E-state index contributed by atoms with van der Waals surface area (Å²) in [6.45, 7) is 8.03. The molecule has 2 unspecified atom stereocenters. The summed E-state index contributed by atoms with van der Waals surface area (Å²) in [5.74, 6) is -2.94. The SMILES string of the molecule is Cc1c(-c2ccc(N3CCc4cccc(C(=O)Nc5nc6ccccc6s5)c4C3)nc2C(=O)O)cnn1CC12CC3(C)CC(C)(C1)CC(OCCN(CC(CO)CO)C(=O)OCc1[c]cc(CCCNC(=O)CN4C(=O)C=CC4=O)cc1)(C3)C2. The number of carbonyl (C=O) groups is 6.